The molecule has 4 rings (SSSR count). The normalized spacial score (nSPS) is 12.1. The molecule has 0 aliphatic rings. The van der Waals surface area contributed by atoms with E-state index in [4.69, 9.17) is 14.2 Å². The minimum atomic E-state index is -1.51. The highest BCUT2D eigenvalue weighted by Crippen LogP contribution is 2.39. The monoisotopic (exact) mass is 470 g/mol. The first-order chi connectivity index (χ1) is 17.1. The van der Waals surface area contributed by atoms with Crippen molar-refractivity contribution in [3.63, 3.8) is 0 Å². The summed E-state index contributed by atoms with van der Waals surface area (Å²) in [5, 5.41) is 10.4. The maximum absolute atomic E-state index is 12.8. The SMILES string of the molecule is CCOC(c1ccccc1)(c1ccccc1)C(Oc1nc(OC)cc(-c2ccccc2)n1)C(=O)O. The number of carboxylic acids is 1. The summed E-state index contributed by atoms with van der Waals surface area (Å²) in [6, 6.07) is 29.3. The molecule has 7 heteroatoms. The van der Waals surface area contributed by atoms with Crippen LogP contribution in [0.4, 0.5) is 0 Å². The molecule has 0 aliphatic carbocycles. The lowest BCUT2D eigenvalue weighted by molar-refractivity contribution is -0.163. The van der Waals surface area contributed by atoms with Crippen molar-refractivity contribution in [2.24, 2.45) is 0 Å². The van der Waals surface area contributed by atoms with Crippen LogP contribution in [0.2, 0.25) is 0 Å². The molecule has 0 radical (unpaired) electrons. The zero-order valence-electron chi connectivity index (χ0n) is 19.5. The van der Waals surface area contributed by atoms with Crippen molar-refractivity contribution in [3.05, 3.63) is 108 Å². The first-order valence-corrected chi connectivity index (χ1v) is 11.2. The van der Waals surface area contributed by atoms with Gasteiger partial charge in [0.05, 0.1) is 12.8 Å². The van der Waals surface area contributed by atoms with E-state index in [1.807, 2.05) is 97.9 Å². The summed E-state index contributed by atoms with van der Waals surface area (Å²) >= 11 is 0. The molecule has 0 saturated carbocycles. The Bertz CT molecular complexity index is 1210. The molecular formula is C28H26N2O5. The van der Waals surface area contributed by atoms with Crippen LogP contribution in [0, 0.1) is 0 Å². The molecule has 0 fully saturated rings. The quantitative estimate of drug-likeness (QED) is 0.350. The van der Waals surface area contributed by atoms with Crippen LogP contribution in [-0.2, 0) is 15.1 Å². The summed E-state index contributed by atoms with van der Waals surface area (Å²) in [7, 11) is 1.48. The molecule has 0 amide bonds. The number of aromatic nitrogens is 2. The highest BCUT2D eigenvalue weighted by Gasteiger charge is 2.50. The number of rotatable bonds is 10. The third-order valence-electron chi connectivity index (χ3n) is 5.55. The summed E-state index contributed by atoms with van der Waals surface area (Å²) in [5.41, 5.74) is 1.14. The van der Waals surface area contributed by atoms with Crippen LogP contribution in [-0.4, -0.2) is 40.9 Å². The Balaban J connectivity index is 1.88. The summed E-state index contributed by atoms with van der Waals surface area (Å²) in [4.78, 5) is 21.6. The smallest absolute Gasteiger partial charge is 0.348 e. The maximum Gasteiger partial charge on any atom is 0.348 e. The van der Waals surface area contributed by atoms with E-state index in [2.05, 4.69) is 9.97 Å². The number of aliphatic carboxylic acids is 1. The first kappa shape index (κ1) is 23.9. The van der Waals surface area contributed by atoms with Crippen molar-refractivity contribution in [3.8, 4) is 23.1 Å². The summed E-state index contributed by atoms with van der Waals surface area (Å²) < 4.78 is 17.7. The molecule has 1 unspecified atom stereocenters. The van der Waals surface area contributed by atoms with Gasteiger partial charge in [-0.15, -0.1) is 0 Å². The molecule has 4 aromatic rings. The summed E-state index contributed by atoms with van der Waals surface area (Å²) in [6.07, 6.45) is -1.51. The van der Waals surface area contributed by atoms with Gasteiger partial charge in [0, 0.05) is 18.2 Å². The molecule has 1 N–H and O–H groups in total. The van der Waals surface area contributed by atoms with E-state index < -0.39 is 17.7 Å². The van der Waals surface area contributed by atoms with Gasteiger partial charge in [-0.2, -0.15) is 9.97 Å². The van der Waals surface area contributed by atoms with Gasteiger partial charge >= 0.3 is 12.0 Å². The lowest BCUT2D eigenvalue weighted by Gasteiger charge is -2.38. The van der Waals surface area contributed by atoms with Crippen molar-refractivity contribution >= 4 is 5.97 Å². The highest BCUT2D eigenvalue weighted by molar-refractivity contribution is 5.76. The van der Waals surface area contributed by atoms with Crippen molar-refractivity contribution in [1.29, 1.82) is 0 Å². The van der Waals surface area contributed by atoms with Gasteiger partial charge in [-0.05, 0) is 18.1 Å². The number of carboxylic acid groups (broad SMARTS) is 1. The predicted molar refractivity (Wildman–Crippen MR) is 131 cm³/mol. The highest BCUT2D eigenvalue weighted by atomic mass is 16.6. The molecule has 178 valence electrons. The number of hydrogen-bond donors (Lipinski definition) is 1. The van der Waals surface area contributed by atoms with Crippen LogP contribution in [0.3, 0.4) is 0 Å². The van der Waals surface area contributed by atoms with Crippen LogP contribution >= 0.6 is 0 Å². The lowest BCUT2D eigenvalue weighted by Crippen LogP contribution is -2.51. The number of methoxy groups -OCH3 is 1. The van der Waals surface area contributed by atoms with Gasteiger partial charge in [0.15, 0.2) is 5.60 Å². The van der Waals surface area contributed by atoms with Gasteiger partial charge in [0.1, 0.15) is 0 Å². The number of benzene rings is 3. The second-order valence-corrected chi connectivity index (χ2v) is 7.68. The Kier molecular flexibility index (Phi) is 7.38. The zero-order chi connectivity index (χ0) is 24.7. The number of hydrogen-bond acceptors (Lipinski definition) is 6. The largest absolute Gasteiger partial charge is 0.481 e. The minimum Gasteiger partial charge on any atom is -0.481 e. The second kappa shape index (κ2) is 10.8. The molecule has 7 nitrogen and oxygen atoms in total. The van der Waals surface area contributed by atoms with Gasteiger partial charge in [0.2, 0.25) is 12.0 Å². The van der Waals surface area contributed by atoms with E-state index in [-0.39, 0.29) is 18.5 Å². The fourth-order valence-electron chi connectivity index (χ4n) is 4.04. The van der Waals surface area contributed by atoms with E-state index in [1.54, 1.807) is 6.07 Å². The molecule has 1 atom stereocenters. The van der Waals surface area contributed by atoms with Gasteiger partial charge in [-0.1, -0.05) is 91.0 Å². The van der Waals surface area contributed by atoms with Crippen LogP contribution in [0.25, 0.3) is 11.3 Å². The Morgan fingerprint density at radius 2 is 1.43 bits per heavy atom. The van der Waals surface area contributed by atoms with Crippen LogP contribution < -0.4 is 9.47 Å². The van der Waals surface area contributed by atoms with Gasteiger partial charge in [0.25, 0.3) is 0 Å². The van der Waals surface area contributed by atoms with Crippen molar-refractivity contribution in [1.82, 2.24) is 9.97 Å². The Morgan fingerprint density at radius 1 is 0.886 bits per heavy atom. The van der Waals surface area contributed by atoms with E-state index >= 15 is 0 Å². The average Bonchev–Trinajstić information content (AvgIpc) is 2.92. The summed E-state index contributed by atoms with van der Waals surface area (Å²) in [5.74, 6) is -0.974. The molecule has 1 aromatic heterocycles. The van der Waals surface area contributed by atoms with E-state index in [0.29, 0.717) is 16.8 Å². The van der Waals surface area contributed by atoms with E-state index in [1.165, 1.54) is 7.11 Å². The molecule has 35 heavy (non-hydrogen) atoms. The minimum absolute atomic E-state index is 0.133. The molecular weight excluding hydrogens is 444 g/mol. The number of carbonyl (C=O) groups is 1. The molecule has 0 bridgehead atoms. The van der Waals surface area contributed by atoms with Gasteiger partial charge < -0.3 is 19.3 Å². The topological polar surface area (TPSA) is 90.8 Å². The fraction of sp³-hybridized carbons (Fsp3) is 0.179. The molecule has 0 saturated heterocycles. The Labute approximate surface area is 204 Å². The van der Waals surface area contributed by atoms with Crippen molar-refractivity contribution in [2.45, 2.75) is 18.6 Å². The van der Waals surface area contributed by atoms with Crippen molar-refractivity contribution in [2.75, 3.05) is 13.7 Å². The second-order valence-electron chi connectivity index (χ2n) is 7.68. The molecule has 3 aromatic carbocycles. The Morgan fingerprint density at radius 3 is 1.91 bits per heavy atom. The fourth-order valence-corrected chi connectivity index (χ4v) is 4.04. The van der Waals surface area contributed by atoms with Gasteiger partial charge in [-0.25, -0.2) is 4.79 Å². The average molecular weight is 471 g/mol. The molecule has 0 aliphatic heterocycles. The Hall–Kier alpha value is -4.23. The maximum atomic E-state index is 12.8. The van der Waals surface area contributed by atoms with Crippen LogP contribution in [0.15, 0.2) is 97.1 Å². The third kappa shape index (κ3) is 5.00. The van der Waals surface area contributed by atoms with Crippen LogP contribution in [0.5, 0.6) is 11.9 Å². The first-order valence-electron chi connectivity index (χ1n) is 11.2. The van der Waals surface area contributed by atoms with Gasteiger partial charge in [-0.3, -0.25) is 0 Å². The molecule has 1 heterocycles. The zero-order valence-corrected chi connectivity index (χ0v) is 19.5. The number of ether oxygens (including phenoxy) is 3. The predicted octanol–water partition coefficient (Wildman–Crippen LogP) is 4.96. The number of nitrogens with zero attached hydrogens (tertiary/aromatic N) is 2. The molecule has 0 spiro atoms. The van der Waals surface area contributed by atoms with E-state index in [9.17, 15) is 9.90 Å². The summed E-state index contributed by atoms with van der Waals surface area (Å²) in [6.45, 7) is 2.06. The standard InChI is InChI=1S/C28H26N2O5/c1-3-34-28(21-15-9-5-10-16-21,22-17-11-6-12-18-22)25(26(31)32)35-27-29-23(19-24(30-27)33-2)20-13-7-4-8-14-20/h4-19,25H,3H2,1-2H3,(H,31,32). The van der Waals surface area contributed by atoms with Crippen molar-refractivity contribution < 1.29 is 24.1 Å². The lowest BCUT2D eigenvalue weighted by atomic mass is 9.81. The van der Waals surface area contributed by atoms with E-state index in [0.717, 1.165) is 5.56 Å². The third-order valence-corrected chi connectivity index (χ3v) is 5.55. The van der Waals surface area contributed by atoms with Crippen LogP contribution in [0.1, 0.15) is 18.1 Å².